The van der Waals surface area contributed by atoms with Gasteiger partial charge < -0.3 is 4.90 Å². The molecule has 0 amide bonds. The zero-order valence-electron chi connectivity index (χ0n) is 16.7. The van der Waals surface area contributed by atoms with Crippen LogP contribution in [0.25, 0.3) is 0 Å². The number of hydrogen-bond donors (Lipinski definition) is 0. The maximum absolute atomic E-state index is 13.9. The summed E-state index contributed by atoms with van der Waals surface area (Å²) in [5.74, 6) is 1.01. The van der Waals surface area contributed by atoms with Crippen molar-refractivity contribution in [2.75, 3.05) is 18.0 Å². The predicted octanol–water partition coefficient (Wildman–Crippen LogP) is 4.74. The molecule has 1 fully saturated rings. The molecule has 0 unspecified atom stereocenters. The van der Waals surface area contributed by atoms with Crippen molar-refractivity contribution in [1.82, 2.24) is 15.0 Å². The first-order valence-corrected chi connectivity index (χ1v) is 9.94. The smallest absolute Gasteiger partial charge is 0.132 e. The molecule has 1 saturated heterocycles. The lowest BCUT2D eigenvalue weighted by Gasteiger charge is -2.33. The van der Waals surface area contributed by atoms with Crippen LogP contribution in [0.5, 0.6) is 0 Å². The molecule has 3 heterocycles. The van der Waals surface area contributed by atoms with Crippen molar-refractivity contribution in [3.8, 4) is 0 Å². The molecule has 0 aliphatic carbocycles. The van der Waals surface area contributed by atoms with Crippen molar-refractivity contribution in [3.05, 3.63) is 82.6 Å². The molecule has 1 aliphatic rings. The van der Waals surface area contributed by atoms with Crippen LogP contribution in [0.4, 0.5) is 14.6 Å². The highest BCUT2D eigenvalue weighted by molar-refractivity contribution is 5.41. The summed E-state index contributed by atoms with van der Waals surface area (Å²) in [6, 6.07) is 9.88. The Morgan fingerprint density at radius 3 is 2.55 bits per heavy atom. The van der Waals surface area contributed by atoms with E-state index in [0.717, 1.165) is 54.5 Å². The number of halogens is 2. The minimum atomic E-state index is -0.521. The van der Waals surface area contributed by atoms with Crippen molar-refractivity contribution >= 4 is 5.82 Å². The van der Waals surface area contributed by atoms with E-state index in [9.17, 15) is 8.78 Å². The van der Waals surface area contributed by atoms with E-state index in [2.05, 4.69) is 19.9 Å². The van der Waals surface area contributed by atoms with Crippen molar-refractivity contribution < 1.29 is 8.78 Å². The van der Waals surface area contributed by atoms with Crippen LogP contribution in [0.15, 0.2) is 42.6 Å². The quantitative estimate of drug-likeness (QED) is 0.641. The Balaban J connectivity index is 1.48. The molecule has 150 valence electrons. The van der Waals surface area contributed by atoms with Gasteiger partial charge in [0.05, 0.1) is 0 Å². The van der Waals surface area contributed by atoms with Gasteiger partial charge in [0.15, 0.2) is 0 Å². The summed E-state index contributed by atoms with van der Waals surface area (Å²) >= 11 is 0. The minimum Gasteiger partial charge on any atom is -0.356 e. The fourth-order valence-corrected chi connectivity index (χ4v) is 3.97. The van der Waals surface area contributed by atoms with Gasteiger partial charge in [-0.25, -0.2) is 18.7 Å². The zero-order valence-corrected chi connectivity index (χ0v) is 16.7. The van der Waals surface area contributed by atoms with Gasteiger partial charge in [-0.05, 0) is 50.5 Å². The fraction of sp³-hybridized carbons (Fsp3) is 0.348. The summed E-state index contributed by atoms with van der Waals surface area (Å²) in [6.07, 6.45) is 4.06. The Morgan fingerprint density at radius 2 is 1.86 bits per heavy atom. The van der Waals surface area contributed by atoms with Gasteiger partial charge in [-0.1, -0.05) is 12.1 Å². The standard InChI is InChI=1S/C23H24F2N4/c1-15-11-23(28-16(2)27-15)29-10-4-5-18(14-29)22-9-8-17(13-26-22)12-19-20(24)6-3-7-21(19)25/h3,6-9,11,13,18H,4-5,10,12,14H2,1-2H3/t18-/m1/s1. The van der Waals surface area contributed by atoms with Crippen LogP contribution >= 0.6 is 0 Å². The maximum atomic E-state index is 13.9. The van der Waals surface area contributed by atoms with Gasteiger partial charge in [0, 0.05) is 54.6 Å². The van der Waals surface area contributed by atoms with Gasteiger partial charge >= 0.3 is 0 Å². The highest BCUT2D eigenvalue weighted by Crippen LogP contribution is 2.29. The Labute approximate surface area is 169 Å². The zero-order chi connectivity index (χ0) is 20.4. The molecule has 0 bridgehead atoms. The van der Waals surface area contributed by atoms with Gasteiger partial charge in [0.25, 0.3) is 0 Å². The maximum Gasteiger partial charge on any atom is 0.132 e. The fourth-order valence-electron chi connectivity index (χ4n) is 3.97. The summed E-state index contributed by atoms with van der Waals surface area (Å²) in [7, 11) is 0. The van der Waals surface area contributed by atoms with Crippen LogP contribution in [0.1, 0.15) is 47.1 Å². The molecule has 6 heteroatoms. The molecule has 1 atom stereocenters. The van der Waals surface area contributed by atoms with Crippen LogP contribution < -0.4 is 4.90 Å². The van der Waals surface area contributed by atoms with E-state index in [4.69, 9.17) is 0 Å². The van der Waals surface area contributed by atoms with Crippen LogP contribution in [-0.4, -0.2) is 28.0 Å². The van der Waals surface area contributed by atoms with E-state index in [0.29, 0.717) is 5.92 Å². The third kappa shape index (κ3) is 4.42. The second kappa shape index (κ2) is 8.23. The number of benzene rings is 1. The summed E-state index contributed by atoms with van der Waals surface area (Å²) in [6.45, 7) is 5.72. The molecule has 29 heavy (non-hydrogen) atoms. The molecule has 0 radical (unpaired) electrons. The first-order valence-electron chi connectivity index (χ1n) is 9.94. The van der Waals surface area contributed by atoms with E-state index < -0.39 is 11.6 Å². The predicted molar refractivity (Wildman–Crippen MR) is 109 cm³/mol. The molecule has 1 aromatic carbocycles. The number of nitrogens with zero attached hydrogens (tertiary/aromatic N) is 4. The van der Waals surface area contributed by atoms with E-state index in [1.54, 1.807) is 6.20 Å². The number of pyridine rings is 1. The van der Waals surface area contributed by atoms with Crippen LogP contribution in [0.2, 0.25) is 0 Å². The van der Waals surface area contributed by atoms with Gasteiger partial charge in [-0.15, -0.1) is 0 Å². The average Bonchev–Trinajstić information content (AvgIpc) is 2.71. The van der Waals surface area contributed by atoms with Crippen molar-refractivity contribution in [3.63, 3.8) is 0 Å². The van der Waals surface area contributed by atoms with Gasteiger partial charge in [0.1, 0.15) is 23.3 Å². The molecule has 2 aromatic heterocycles. The summed E-state index contributed by atoms with van der Waals surface area (Å²) < 4.78 is 27.8. The van der Waals surface area contributed by atoms with Crippen molar-refractivity contribution in [2.45, 2.75) is 39.0 Å². The number of anilines is 1. The largest absolute Gasteiger partial charge is 0.356 e. The first kappa shape index (κ1) is 19.4. The van der Waals surface area contributed by atoms with Gasteiger partial charge in [0.2, 0.25) is 0 Å². The first-order chi connectivity index (χ1) is 14.0. The molecule has 4 rings (SSSR count). The van der Waals surface area contributed by atoms with Crippen molar-refractivity contribution in [1.29, 1.82) is 0 Å². The second-order valence-corrected chi connectivity index (χ2v) is 7.67. The number of aryl methyl sites for hydroxylation is 2. The molecule has 0 N–H and O–H groups in total. The lowest BCUT2D eigenvalue weighted by atomic mass is 9.93. The molecule has 4 nitrogen and oxygen atoms in total. The molecule has 1 aliphatic heterocycles. The Hall–Kier alpha value is -2.89. The van der Waals surface area contributed by atoms with Crippen LogP contribution in [0, 0.1) is 25.5 Å². The number of piperidine rings is 1. The Bertz CT molecular complexity index is 964. The van der Waals surface area contributed by atoms with Crippen LogP contribution in [0.3, 0.4) is 0 Å². The van der Waals surface area contributed by atoms with Gasteiger partial charge in [-0.2, -0.15) is 0 Å². The van der Waals surface area contributed by atoms with E-state index >= 15 is 0 Å². The average molecular weight is 394 g/mol. The summed E-state index contributed by atoms with van der Waals surface area (Å²) in [5.41, 5.74) is 2.86. The molecular formula is C23H24F2N4. The van der Waals surface area contributed by atoms with Crippen molar-refractivity contribution in [2.24, 2.45) is 0 Å². The number of rotatable bonds is 4. The molecule has 0 spiro atoms. The highest BCUT2D eigenvalue weighted by atomic mass is 19.1. The Kier molecular flexibility index (Phi) is 5.51. The third-order valence-corrected chi connectivity index (χ3v) is 5.41. The summed E-state index contributed by atoms with van der Waals surface area (Å²) in [5, 5.41) is 0. The lowest BCUT2D eigenvalue weighted by Crippen LogP contribution is -2.35. The topological polar surface area (TPSA) is 41.9 Å². The van der Waals surface area contributed by atoms with E-state index in [1.165, 1.54) is 18.2 Å². The van der Waals surface area contributed by atoms with E-state index in [-0.39, 0.29) is 12.0 Å². The Morgan fingerprint density at radius 1 is 1.07 bits per heavy atom. The number of aromatic nitrogens is 3. The second-order valence-electron chi connectivity index (χ2n) is 7.67. The molecular weight excluding hydrogens is 370 g/mol. The third-order valence-electron chi connectivity index (χ3n) is 5.41. The lowest BCUT2D eigenvalue weighted by molar-refractivity contribution is 0.498. The summed E-state index contributed by atoms with van der Waals surface area (Å²) in [4.78, 5) is 15.9. The number of hydrogen-bond acceptors (Lipinski definition) is 4. The molecule has 0 saturated carbocycles. The normalized spacial score (nSPS) is 16.8. The minimum absolute atomic E-state index is 0.0837. The van der Waals surface area contributed by atoms with Crippen LogP contribution in [-0.2, 0) is 6.42 Å². The van der Waals surface area contributed by atoms with E-state index in [1.807, 2.05) is 32.0 Å². The highest BCUT2D eigenvalue weighted by Gasteiger charge is 2.23. The molecule has 3 aromatic rings. The SMILES string of the molecule is Cc1cc(N2CCC[C@@H](c3ccc(Cc4c(F)cccc4F)cn3)C2)nc(C)n1. The monoisotopic (exact) mass is 394 g/mol. The van der Waals surface area contributed by atoms with Gasteiger partial charge in [-0.3, -0.25) is 4.98 Å².